The lowest BCUT2D eigenvalue weighted by Gasteiger charge is -2.09. The van der Waals surface area contributed by atoms with Crippen molar-refractivity contribution in [3.8, 4) is 11.3 Å². The molecular formula is C22H19N3O5S2. The second-order valence-corrected chi connectivity index (χ2v) is 9.28. The van der Waals surface area contributed by atoms with Crippen molar-refractivity contribution < 1.29 is 18.7 Å². The van der Waals surface area contributed by atoms with Crippen LogP contribution < -0.4 is 10.9 Å². The van der Waals surface area contributed by atoms with Gasteiger partial charge >= 0.3 is 5.97 Å². The van der Waals surface area contributed by atoms with Gasteiger partial charge in [0.1, 0.15) is 27.7 Å². The molecule has 10 heteroatoms. The SMILES string of the molecule is CCOC(=O)c1c(-c2ccco2)csc1NC(=O)Cn1cnc2sc3c(c2c1=O)CCC3. The molecule has 0 radical (unpaired) electrons. The summed E-state index contributed by atoms with van der Waals surface area (Å²) < 4.78 is 11.9. The lowest BCUT2D eigenvalue weighted by Crippen LogP contribution is -2.28. The quantitative estimate of drug-likeness (QED) is 0.427. The van der Waals surface area contributed by atoms with Crippen LogP contribution in [0.15, 0.2) is 39.3 Å². The molecule has 0 spiro atoms. The van der Waals surface area contributed by atoms with Gasteiger partial charge in [-0.2, -0.15) is 0 Å². The number of carbonyl (C=O) groups excluding carboxylic acids is 2. The first-order valence-corrected chi connectivity index (χ1v) is 11.9. The van der Waals surface area contributed by atoms with E-state index in [1.807, 2.05) is 0 Å². The van der Waals surface area contributed by atoms with E-state index in [1.54, 1.807) is 35.8 Å². The van der Waals surface area contributed by atoms with E-state index in [0.717, 1.165) is 29.7 Å². The van der Waals surface area contributed by atoms with E-state index in [9.17, 15) is 14.4 Å². The van der Waals surface area contributed by atoms with E-state index in [0.29, 0.717) is 21.7 Å². The third kappa shape index (κ3) is 3.55. The zero-order valence-electron chi connectivity index (χ0n) is 17.2. The van der Waals surface area contributed by atoms with Gasteiger partial charge in [0.05, 0.1) is 24.6 Å². The van der Waals surface area contributed by atoms with Crippen molar-refractivity contribution in [2.24, 2.45) is 0 Å². The maximum absolute atomic E-state index is 13.0. The Morgan fingerprint density at radius 3 is 3.00 bits per heavy atom. The minimum atomic E-state index is -0.551. The molecule has 1 N–H and O–H groups in total. The molecule has 0 saturated heterocycles. The average molecular weight is 470 g/mol. The first-order chi connectivity index (χ1) is 15.6. The molecule has 0 bridgehead atoms. The van der Waals surface area contributed by atoms with E-state index >= 15 is 0 Å². The molecule has 164 valence electrons. The predicted molar refractivity (Wildman–Crippen MR) is 123 cm³/mol. The Balaban J connectivity index is 1.43. The minimum absolute atomic E-state index is 0.200. The first kappa shape index (κ1) is 20.7. The highest BCUT2D eigenvalue weighted by Crippen LogP contribution is 2.37. The second kappa shape index (κ2) is 8.36. The Morgan fingerprint density at radius 2 is 2.22 bits per heavy atom. The lowest BCUT2D eigenvalue weighted by atomic mass is 10.1. The summed E-state index contributed by atoms with van der Waals surface area (Å²) in [4.78, 5) is 44.8. The third-order valence-electron chi connectivity index (χ3n) is 5.32. The Kier molecular flexibility index (Phi) is 5.40. The van der Waals surface area contributed by atoms with Crippen LogP contribution in [0.3, 0.4) is 0 Å². The number of thiophene rings is 2. The van der Waals surface area contributed by atoms with E-state index < -0.39 is 11.9 Å². The molecule has 4 heterocycles. The topological polar surface area (TPSA) is 103 Å². The van der Waals surface area contributed by atoms with Gasteiger partial charge < -0.3 is 14.5 Å². The number of hydrogen-bond donors (Lipinski definition) is 1. The molecule has 0 atom stereocenters. The van der Waals surface area contributed by atoms with E-state index in [-0.39, 0.29) is 24.3 Å². The van der Waals surface area contributed by atoms with Crippen LogP contribution in [0.4, 0.5) is 5.00 Å². The van der Waals surface area contributed by atoms with Crippen LogP contribution >= 0.6 is 22.7 Å². The van der Waals surface area contributed by atoms with Crippen LogP contribution in [0.25, 0.3) is 21.5 Å². The van der Waals surface area contributed by atoms with Crippen molar-refractivity contribution in [1.29, 1.82) is 0 Å². The van der Waals surface area contributed by atoms with E-state index in [4.69, 9.17) is 9.15 Å². The van der Waals surface area contributed by atoms with Crippen molar-refractivity contribution in [3.63, 3.8) is 0 Å². The number of amides is 1. The summed E-state index contributed by atoms with van der Waals surface area (Å²) in [5.41, 5.74) is 1.64. The summed E-state index contributed by atoms with van der Waals surface area (Å²) in [6, 6.07) is 3.45. The molecular weight excluding hydrogens is 450 g/mol. The molecule has 8 nitrogen and oxygen atoms in total. The van der Waals surface area contributed by atoms with E-state index in [2.05, 4.69) is 10.3 Å². The molecule has 5 rings (SSSR count). The fraction of sp³-hybridized carbons (Fsp3) is 0.273. The highest BCUT2D eigenvalue weighted by molar-refractivity contribution is 7.18. The van der Waals surface area contributed by atoms with Gasteiger partial charge in [-0.1, -0.05) is 0 Å². The normalized spacial score (nSPS) is 12.8. The van der Waals surface area contributed by atoms with Crippen molar-refractivity contribution in [2.75, 3.05) is 11.9 Å². The highest BCUT2D eigenvalue weighted by Gasteiger charge is 2.25. The largest absolute Gasteiger partial charge is 0.464 e. The molecule has 32 heavy (non-hydrogen) atoms. The van der Waals surface area contributed by atoms with Crippen LogP contribution in [0.1, 0.15) is 34.1 Å². The van der Waals surface area contributed by atoms with Gasteiger partial charge in [-0.3, -0.25) is 14.2 Å². The average Bonchev–Trinajstić information content (AvgIpc) is 3.53. The summed E-state index contributed by atoms with van der Waals surface area (Å²) in [6.07, 6.45) is 5.81. The summed E-state index contributed by atoms with van der Waals surface area (Å²) in [5, 5.41) is 5.46. The van der Waals surface area contributed by atoms with Crippen molar-refractivity contribution in [2.45, 2.75) is 32.7 Å². The molecule has 4 aromatic rings. The van der Waals surface area contributed by atoms with Crippen LogP contribution in [0.2, 0.25) is 0 Å². The van der Waals surface area contributed by atoms with Crippen LogP contribution in [0.5, 0.6) is 0 Å². The van der Waals surface area contributed by atoms with Gasteiger partial charge in [0.15, 0.2) is 0 Å². The monoisotopic (exact) mass is 469 g/mol. The van der Waals surface area contributed by atoms with E-state index in [1.165, 1.54) is 33.4 Å². The Morgan fingerprint density at radius 1 is 1.34 bits per heavy atom. The van der Waals surface area contributed by atoms with Gasteiger partial charge in [0, 0.05) is 15.8 Å². The van der Waals surface area contributed by atoms with Crippen molar-refractivity contribution >= 4 is 49.8 Å². The zero-order chi connectivity index (χ0) is 22.2. The molecule has 1 aliphatic carbocycles. The maximum atomic E-state index is 13.0. The third-order valence-corrected chi connectivity index (χ3v) is 7.41. The summed E-state index contributed by atoms with van der Waals surface area (Å²) >= 11 is 2.76. The Hall–Kier alpha value is -3.24. The number of rotatable bonds is 6. The van der Waals surface area contributed by atoms with Crippen LogP contribution in [-0.2, 0) is 28.9 Å². The van der Waals surface area contributed by atoms with Gasteiger partial charge in [-0.05, 0) is 43.9 Å². The number of fused-ring (bicyclic) bond motifs is 3. The van der Waals surface area contributed by atoms with Crippen molar-refractivity contribution in [1.82, 2.24) is 9.55 Å². The summed E-state index contributed by atoms with van der Waals surface area (Å²) in [5.74, 6) is -0.481. The molecule has 4 aromatic heterocycles. The first-order valence-electron chi connectivity index (χ1n) is 10.2. The number of aromatic nitrogens is 2. The molecule has 1 aliphatic rings. The number of anilines is 1. The number of furan rings is 1. The Bertz CT molecular complexity index is 1380. The molecule has 1 amide bonds. The van der Waals surface area contributed by atoms with Crippen LogP contribution in [0, 0.1) is 0 Å². The number of nitrogens with zero attached hydrogens (tertiary/aromatic N) is 2. The molecule has 0 unspecified atom stereocenters. The van der Waals surface area contributed by atoms with Gasteiger partial charge in [-0.15, -0.1) is 22.7 Å². The van der Waals surface area contributed by atoms with Crippen molar-refractivity contribution in [3.05, 3.63) is 56.5 Å². The number of aryl methyl sites for hydroxylation is 2. The lowest BCUT2D eigenvalue weighted by molar-refractivity contribution is -0.116. The number of ether oxygens (including phenoxy) is 1. The maximum Gasteiger partial charge on any atom is 0.341 e. The highest BCUT2D eigenvalue weighted by atomic mass is 32.1. The number of esters is 1. The number of hydrogen-bond acceptors (Lipinski definition) is 8. The fourth-order valence-electron chi connectivity index (χ4n) is 3.92. The standard InChI is InChI=1S/C22H19N3O5S2/c1-2-29-22(28)18-13(14-6-4-8-30-14)10-31-20(18)24-16(26)9-25-11-23-19-17(21(25)27)12-5-3-7-15(12)32-19/h4,6,8,10-11H,2-3,5,7,9H2,1H3,(H,24,26). The smallest absolute Gasteiger partial charge is 0.341 e. The molecule has 0 aliphatic heterocycles. The van der Waals surface area contributed by atoms with Gasteiger partial charge in [0.25, 0.3) is 5.56 Å². The number of nitrogens with one attached hydrogen (secondary N) is 1. The van der Waals surface area contributed by atoms with Crippen LogP contribution in [-0.4, -0.2) is 28.0 Å². The number of carbonyl (C=O) groups is 2. The van der Waals surface area contributed by atoms with Gasteiger partial charge in [0.2, 0.25) is 5.91 Å². The molecule has 0 fully saturated rings. The minimum Gasteiger partial charge on any atom is -0.464 e. The Labute approximate surface area is 190 Å². The predicted octanol–water partition coefficient (Wildman–Crippen LogP) is 4.08. The fourth-order valence-corrected chi connectivity index (χ4v) is 6.10. The summed E-state index contributed by atoms with van der Waals surface area (Å²) in [7, 11) is 0. The zero-order valence-corrected chi connectivity index (χ0v) is 18.8. The molecule has 0 saturated carbocycles. The molecule has 0 aromatic carbocycles. The second-order valence-electron chi connectivity index (χ2n) is 7.31. The summed E-state index contributed by atoms with van der Waals surface area (Å²) in [6.45, 7) is 1.71. The van der Waals surface area contributed by atoms with Gasteiger partial charge in [-0.25, -0.2) is 9.78 Å².